The van der Waals surface area contributed by atoms with Crippen molar-refractivity contribution in [2.75, 3.05) is 32.0 Å². The van der Waals surface area contributed by atoms with Crippen LogP contribution in [0.1, 0.15) is 20.7 Å². The molecular weight excluding hydrogens is 430 g/mol. The highest BCUT2D eigenvalue weighted by Crippen LogP contribution is 2.29. The van der Waals surface area contributed by atoms with Crippen molar-refractivity contribution in [3.05, 3.63) is 81.9 Å². The van der Waals surface area contributed by atoms with Gasteiger partial charge in [-0.05, 0) is 42.5 Å². The lowest BCUT2D eigenvalue weighted by atomic mass is 10.1. The maximum atomic E-state index is 12.6. The van der Waals surface area contributed by atoms with Crippen LogP contribution in [-0.4, -0.2) is 38.1 Å². The number of nitrogens with zero attached hydrogens (tertiary/aromatic N) is 1. The highest BCUT2D eigenvalue weighted by atomic mass is 16.6. The van der Waals surface area contributed by atoms with Gasteiger partial charge in [0.25, 0.3) is 17.5 Å². The second-order valence-electron chi connectivity index (χ2n) is 6.69. The van der Waals surface area contributed by atoms with E-state index in [1.165, 1.54) is 51.7 Å². The predicted molar refractivity (Wildman–Crippen MR) is 122 cm³/mol. The topological polar surface area (TPSA) is 129 Å². The van der Waals surface area contributed by atoms with E-state index in [0.717, 1.165) is 0 Å². The lowest BCUT2D eigenvalue weighted by Gasteiger charge is -2.12. The smallest absolute Gasteiger partial charge is 0.271 e. The minimum atomic E-state index is -0.565. The van der Waals surface area contributed by atoms with Gasteiger partial charge < -0.3 is 24.8 Å². The summed E-state index contributed by atoms with van der Waals surface area (Å²) in [4.78, 5) is 35.7. The molecule has 0 heterocycles. The number of hydrogen-bond acceptors (Lipinski definition) is 7. The maximum absolute atomic E-state index is 12.6. The Balaban J connectivity index is 1.73. The Morgan fingerprint density at radius 3 is 2.09 bits per heavy atom. The lowest BCUT2D eigenvalue weighted by molar-refractivity contribution is -0.384. The molecule has 170 valence electrons. The summed E-state index contributed by atoms with van der Waals surface area (Å²) in [5.74, 6) is 0.302. The van der Waals surface area contributed by atoms with Crippen LogP contribution in [0, 0.1) is 10.1 Å². The highest BCUT2D eigenvalue weighted by molar-refractivity contribution is 6.07. The number of ether oxygens (including phenoxy) is 3. The maximum Gasteiger partial charge on any atom is 0.271 e. The van der Waals surface area contributed by atoms with Crippen molar-refractivity contribution in [3.63, 3.8) is 0 Å². The summed E-state index contributed by atoms with van der Waals surface area (Å²) in [5.41, 5.74) is 1.04. The first-order valence-corrected chi connectivity index (χ1v) is 9.63. The molecule has 3 aromatic rings. The Hall–Kier alpha value is -4.60. The quantitative estimate of drug-likeness (QED) is 0.389. The largest absolute Gasteiger partial charge is 0.497 e. The zero-order valence-electron chi connectivity index (χ0n) is 18.1. The molecule has 0 aromatic heterocycles. The number of nitrogens with one attached hydrogen (secondary N) is 2. The molecule has 2 N–H and O–H groups in total. The zero-order chi connectivity index (χ0) is 24.0. The van der Waals surface area contributed by atoms with Crippen LogP contribution in [0.5, 0.6) is 17.2 Å². The van der Waals surface area contributed by atoms with Crippen molar-refractivity contribution < 1.29 is 28.7 Å². The van der Waals surface area contributed by atoms with Crippen molar-refractivity contribution >= 4 is 28.9 Å². The number of hydrogen-bond donors (Lipinski definition) is 2. The van der Waals surface area contributed by atoms with Crippen molar-refractivity contribution in [3.8, 4) is 17.2 Å². The van der Waals surface area contributed by atoms with Crippen LogP contribution in [0.2, 0.25) is 0 Å². The Kier molecular flexibility index (Phi) is 7.09. The summed E-state index contributed by atoms with van der Waals surface area (Å²) in [6.07, 6.45) is 0. The van der Waals surface area contributed by atoms with Gasteiger partial charge in [0, 0.05) is 29.4 Å². The molecule has 0 saturated carbocycles. The van der Waals surface area contributed by atoms with Crippen LogP contribution in [0.4, 0.5) is 17.1 Å². The number of rotatable bonds is 8. The molecule has 10 heteroatoms. The molecule has 3 rings (SSSR count). The van der Waals surface area contributed by atoms with Gasteiger partial charge in [0.05, 0.1) is 37.5 Å². The summed E-state index contributed by atoms with van der Waals surface area (Å²) in [6, 6.07) is 14.9. The van der Waals surface area contributed by atoms with E-state index in [2.05, 4.69) is 10.6 Å². The average molecular weight is 451 g/mol. The van der Waals surface area contributed by atoms with E-state index in [-0.39, 0.29) is 22.7 Å². The van der Waals surface area contributed by atoms with Gasteiger partial charge in [-0.3, -0.25) is 19.7 Å². The van der Waals surface area contributed by atoms with E-state index in [1.807, 2.05) is 0 Å². The highest BCUT2D eigenvalue weighted by Gasteiger charge is 2.16. The normalized spacial score (nSPS) is 10.2. The lowest BCUT2D eigenvalue weighted by Crippen LogP contribution is -2.15. The van der Waals surface area contributed by atoms with Gasteiger partial charge >= 0.3 is 0 Å². The van der Waals surface area contributed by atoms with E-state index in [9.17, 15) is 19.7 Å². The van der Waals surface area contributed by atoms with Gasteiger partial charge in [0.15, 0.2) is 0 Å². The van der Waals surface area contributed by atoms with Crippen molar-refractivity contribution in [1.29, 1.82) is 0 Å². The van der Waals surface area contributed by atoms with Crippen LogP contribution < -0.4 is 24.8 Å². The number of nitro benzene ring substituents is 1. The summed E-state index contributed by atoms with van der Waals surface area (Å²) in [6.45, 7) is 0. The second-order valence-corrected chi connectivity index (χ2v) is 6.69. The number of nitro groups is 1. The first kappa shape index (κ1) is 23.1. The SMILES string of the molecule is COc1ccc(C(=O)Nc2ccc(C(=O)Nc3cc([N+](=O)[O-])ccc3OC)cc2)c(OC)c1. The molecule has 0 fully saturated rings. The molecule has 0 radical (unpaired) electrons. The predicted octanol–water partition coefficient (Wildman–Crippen LogP) is 4.13. The Bertz CT molecular complexity index is 1190. The van der Waals surface area contributed by atoms with Gasteiger partial charge in [-0.2, -0.15) is 0 Å². The minimum absolute atomic E-state index is 0.167. The summed E-state index contributed by atoms with van der Waals surface area (Å²) in [7, 11) is 4.36. The zero-order valence-corrected chi connectivity index (χ0v) is 18.1. The van der Waals surface area contributed by atoms with E-state index in [0.29, 0.717) is 22.7 Å². The molecular formula is C23H21N3O7. The fourth-order valence-corrected chi connectivity index (χ4v) is 2.99. The van der Waals surface area contributed by atoms with E-state index in [4.69, 9.17) is 14.2 Å². The van der Waals surface area contributed by atoms with Gasteiger partial charge in [0.1, 0.15) is 17.2 Å². The van der Waals surface area contributed by atoms with Crippen LogP contribution in [-0.2, 0) is 0 Å². The minimum Gasteiger partial charge on any atom is -0.497 e. The Labute approximate surface area is 189 Å². The van der Waals surface area contributed by atoms with Gasteiger partial charge in [-0.25, -0.2) is 0 Å². The molecule has 0 aliphatic carbocycles. The monoisotopic (exact) mass is 451 g/mol. The molecule has 2 amide bonds. The van der Waals surface area contributed by atoms with Crippen LogP contribution in [0.15, 0.2) is 60.7 Å². The molecule has 0 unspecified atom stereocenters. The number of methoxy groups -OCH3 is 3. The fraction of sp³-hybridized carbons (Fsp3) is 0.130. The molecule has 0 aliphatic heterocycles. The molecule has 33 heavy (non-hydrogen) atoms. The molecule has 0 spiro atoms. The molecule has 0 atom stereocenters. The van der Waals surface area contributed by atoms with Crippen molar-refractivity contribution in [2.45, 2.75) is 0 Å². The number of carbonyl (C=O) groups is 2. The number of carbonyl (C=O) groups excluding carboxylic acids is 2. The summed E-state index contributed by atoms with van der Waals surface area (Å²) >= 11 is 0. The molecule has 3 aromatic carbocycles. The van der Waals surface area contributed by atoms with Crippen LogP contribution in [0.3, 0.4) is 0 Å². The number of amides is 2. The fourth-order valence-electron chi connectivity index (χ4n) is 2.99. The van der Waals surface area contributed by atoms with E-state index in [1.54, 1.807) is 30.3 Å². The van der Waals surface area contributed by atoms with Crippen LogP contribution in [0.25, 0.3) is 0 Å². The van der Waals surface area contributed by atoms with Gasteiger partial charge in [-0.1, -0.05) is 0 Å². The van der Waals surface area contributed by atoms with Crippen molar-refractivity contribution in [2.24, 2.45) is 0 Å². The Morgan fingerprint density at radius 2 is 1.48 bits per heavy atom. The van der Waals surface area contributed by atoms with Gasteiger partial charge in [0.2, 0.25) is 0 Å². The second kappa shape index (κ2) is 10.1. The summed E-state index contributed by atoms with van der Waals surface area (Å²) < 4.78 is 15.5. The molecule has 10 nitrogen and oxygen atoms in total. The first-order valence-electron chi connectivity index (χ1n) is 9.63. The third-order valence-corrected chi connectivity index (χ3v) is 4.70. The molecule has 0 saturated heterocycles. The third kappa shape index (κ3) is 5.37. The average Bonchev–Trinajstić information content (AvgIpc) is 2.83. The summed E-state index contributed by atoms with van der Waals surface area (Å²) in [5, 5.41) is 16.4. The number of non-ortho nitro benzene ring substituents is 1. The molecule has 0 aliphatic rings. The Morgan fingerprint density at radius 1 is 0.788 bits per heavy atom. The van der Waals surface area contributed by atoms with E-state index >= 15 is 0 Å². The molecule has 0 bridgehead atoms. The van der Waals surface area contributed by atoms with E-state index < -0.39 is 16.7 Å². The first-order chi connectivity index (χ1) is 15.9. The number of benzene rings is 3. The third-order valence-electron chi connectivity index (χ3n) is 4.70. The van der Waals surface area contributed by atoms with Gasteiger partial charge in [-0.15, -0.1) is 0 Å². The standard InChI is InChI=1S/C23H21N3O7/c1-31-17-9-10-18(21(13-17)33-3)23(28)24-15-6-4-14(5-7-15)22(27)25-19-12-16(26(29)30)8-11-20(19)32-2/h4-13H,1-3H3,(H,24,28)(H,25,27). The van der Waals surface area contributed by atoms with Crippen molar-refractivity contribution in [1.82, 2.24) is 0 Å². The number of anilines is 2. The van der Waals surface area contributed by atoms with Crippen LogP contribution >= 0.6 is 0 Å².